The normalized spacial score (nSPS) is 27.1. The number of aliphatic hydroxyl groups excluding tert-OH is 2. The van der Waals surface area contributed by atoms with Crippen molar-refractivity contribution in [2.75, 3.05) is 11.9 Å². The predicted molar refractivity (Wildman–Crippen MR) is 92.6 cm³/mol. The molecular weight excluding hydrogens is 357 g/mol. The summed E-state index contributed by atoms with van der Waals surface area (Å²) < 4.78 is 20.9. The van der Waals surface area contributed by atoms with E-state index in [2.05, 4.69) is 10.3 Å². The van der Waals surface area contributed by atoms with Crippen molar-refractivity contribution in [2.24, 2.45) is 0 Å². The van der Waals surface area contributed by atoms with Crippen LogP contribution in [0.4, 0.5) is 10.2 Å². The largest absolute Gasteiger partial charge is 0.394 e. The van der Waals surface area contributed by atoms with E-state index >= 15 is 0 Å². The minimum absolute atomic E-state index is 0.0486. The van der Waals surface area contributed by atoms with Crippen molar-refractivity contribution in [3.05, 3.63) is 58.6 Å². The van der Waals surface area contributed by atoms with E-state index in [1.165, 1.54) is 6.07 Å². The highest BCUT2D eigenvalue weighted by Crippen LogP contribution is 2.40. The number of rotatable bonds is 4. The summed E-state index contributed by atoms with van der Waals surface area (Å²) in [6.45, 7) is -0.682. The zero-order valence-corrected chi connectivity index (χ0v) is 13.9. The van der Waals surface area contributed by atoms with Gasteiger partial charge in [-0.2, -0.15) is 4.98 Å². The van der Waals surface area contributed by atoms with Gasteiger partial charge in [0, 0.05) is 11.8 Å². The van der Waals surface area contributed by atoms with Gasteiger partial charge < -0.3 is 20.3 Å². The molecule has 3 rings (SSSR count). The van der Waals surface area contributed by atoms with Crippen LogP contribution in [0.5, 0.6) is 0 Å². The van der Waals surface area contributed by atoms with Crippen LogP contribution in [-0.2, 0) is 4.74 Å². The molecule has 0 aliphatic carbocycles. The lowest BCUT2D eigenvalue weighted by molar-refractivity contribution is -0.0542. The molecule has 0 saturated carbocycles. The lowest BCUT2D eigenvalue weighted by Crippen LogP contribution is -2.44. The third-order valence-electron chi connectivity index (χ3n) is 4.21. The molecule has 2 heterocycles. The highest BCUT2D eigenvalue weighted by atomic mass is 19.1. The molecule has 140 valence electrons. The number of benzene rings is 1. The summed E-state index contributed by atoms with van der Waals surface area (Å²) in [4.78, 5) is 28.1. The first-order valence-electron chi connectivity index (χ1n) is 7.97. The number of aliphatic hydroxyl groups is 2. The first-order chi connectivity index (χ1) is 12.9. The molecule has 3 N–H and O–H groups in total. The Balaban J connectivity index is 1.86. The number of carbonyl (C=O) groups is 1. The number of terminal acetylenes is 1. The summed E-state index contributed by atoms with van der Waals surface area (Å²) in [6, 6.07) is 9.55. The first kappa shape index (κ1) is 18.7. The van der Waals surface area contributed by atoms with Crippen molar-refractivity contribution in [1.29, 1.82) is 0 Å². The molecule has 0 spiro atoms. The number of aromatic nitrogens is 2. The molecule has 1 aromatic heterocycles. The Morgan fingerprint density at radius 3 is 2.70 bits per heavy atom. The van der Waals surface area contributed by atoms with Gasteiger partial charge in [-0.15, -0.1) is 6.42 Å². The van der Waals surface area contributed by atoms with Crippen molar-refractivity contribution in [1.82, 2.24) is 9.55 Å². The topological polar surface area (TPSA) is 114 Å². The number of hydrogen-bond donors (Lipinski definition) is 3. The van der Waals surface area contributed by atoms with Gasteiger partial charge >= 0.3 is 5.69 Å². The third-order valence-corrected chi connectivity index (χ3v) is 4.21. The number of nitrogens with zero attached hydrogens (tertiary/aromatic N) is 2. The molecule has 8 nitrogen and oxygen atoms in total. The van der Waals surface area contributed by atoms with Crippen molar-refractivity contribution in [2.45, 2.75) is 24.1 Å². The number of halogens is 1. The molecular formula is C18H16FN3O5. The molecule has 27 heavy (non-hydrogen) atoms. The fourth-order valence-electron chi connectivity index (χ4n) is 2.76. The van der Waals surface area contributed by atoms with Gasteiger partial charge in [0.15, 0.2) is 6.23 Å². The highest BCUT2D eigenvalue weighted by molar-refractivity contribution is 6.03. The van der Waals surface area contributed by atoms with E-state index in [9.17, 15) is 24.2 Å². The van der Waals surface area contributed by atoms with Crippen LogP contribution in [-0.4, -0.2) is 50.2 Å². The Morgan fingerprint density at radius 1 is 1.41 bits per heavy atom. The quantitative estimate of drug-likeness (QED) is 0.655. The van der Waals surface area contributed by atoms with Crippen LogP contribution in [0.15, 0.2) is 47.4 Å². The number of anilines is 1. The Labute approximate surface area is 153 Å². The average Bonchev–Trinajstić information content (AvgIpc) is 2.94. The summed E-state index contributed by atoms with van der Waals surface area (Å²) >= 11 is 0. The van der Waals surface area contributed by atoms with E-state index in [1.54, 1.807) is 36.3 Å². The van der Waals surface area contributed by atoms with E-state index in [1.807, 2.05) is 0 Å². The van der Waals surface area contributed by atoms with Gasteiger partial charge in [0.1, 0.15) is 18.0 Å². The second-order valence-corrected chi connectivity index (χ2v) is 5.89. The number of amides is 1. The van der Waals surface area contributed by atoms with E-state index in [-0.39, 0.29) is 5.82 Å². The van der Waals surface area contributed by atoms with Gasteiger partial charge in [-0.05, 0) is 18.2 Å². The zero-order valence-electron chi connectivity index (χ0n) is 13.9. The Morgan fingerprint density at radius 2 is 2.11 bits per heavy atom. The zero-order chi connectivity index (χ0) is 19.6. The maximum atomic E-state index is 15.0. The Bertz CT molecular complexity index is 942. The molecule has 1 aromatic carbocycles. The second-order valence-electron chi connectivity index (χ2n) is 5.89. The van der Waals surface area contributed by atoms with E-state index < -0.39 is 42.3 Å². The number of alkyl halides is 1. The predicted octanol–water partition coefficient (Wildman–Crippen LogP) is 0.0877. The molecule has 9 heteroatoms. The Hall–Kier alpha value is -3.06. The van der Waals surface area contributed by atoms with E-state index in [0.29, 0.717) is 5.56 Å². The van der Waals surface area contributed by atoms with Crippen LogP contribution in [0.1, 0.15) is 16.6 Å². The monoisotopic (exact) mass is 373 g/mol. The molecule has 1 fully saturated rings. The molecule has 2 aromatic rings. The summed E-state index contributed by atoms with van der Waals surface area (Å²) in [5, 5.41) is 21.6. The van der Waals surface area contributed by atoms with Gasteiger partial charge in [0.05, 0.1) is 6.61 Å². The Kier molecular flexibility index (Phi) is 5.05. The maximum absolute atomic E-state index is 15.0. The van der Waals surface area contributed by atoms with Crippen molar-refractivity contribution in [3.63, 3.8) is 0 Å². The lowest BCUT2D eigenvalue weighted by Gasteiger charge is -2.23. The molecule has 0 unspecified atom stereocenters. The number of carbonyl (C=O) groups excluding carboxylic acids is 1. The van der Waals surface area contributed by atoms with E-state index in [0.717, 1.165) is 10.8 Å². The fraction of sp³-hybridized carbons (Fsp3) is 0.278. The second kappa shape index (κ2) is 7.28. The molecule has 0 radical (unpaired) electrons. The van der Waals surface area contributed by atoms with Crippen molar-refractivity contribution in [3.8, 4) is 12.3 Å². The molecule has 1 amide bonds. The van der Waals surface area contributed by atoms with Crippen LogP contribution in [0.2, 0.25) is 0 Å². The van der Waals surface area contributed by atoms with Crippen LogP contribution < -0.4 is 11.0 Å². The lowest BCUT2D eigenvalue weighted by atomic mass is 9.97. The average molecular weight is 373 g/mol. The van der Waals surface area contributed by atoms with E-state index in [4.69, 9.17) is 11.2 Å². The SMILES string of the molecule is C#C[C@]1(F)[C@H](O)[C@@H](CO)O[C@H]1n1ccc(NC(=O)c2ccccc2)nc1=O. The van der Waals surface area contributed by atoms with Crippen LogP contribution in [0.25, 0.3) is 0 Å². The summed E-state index contributed by atoms with van der Waals surface area (Å²) in [7, 11) is 0. The molecule has 1 aliphatic rings. The number of hydrogen-bond acceptors (Lipinski definition) is 6. The van der Waals surface area contributed by atoms with Gasteiger partial charge in [-0.3, -0.25) is 9.36 Å². The van der Waals surface area contributed by atoms with Crippen LogP contribution >= 0.6 is 0 Å². The van der Waals surface area contributed by atoms with Crippen molar-refractivity contribution < 1.29 is 24.1 Å². The minimum atomic E-state index is -2.73. The molecule has 0 bridgehead atoms. The highest BCUT2D eigenvalue weighted by Gasteiger charge is 2.57. The molecule has 4 atom stereocenters. The smallest absolute Gasteiger partial charge is 0.351 e. The number of ether oxygens (including phenoxy) is 1. The maximum Gasteiger partial charge on any atom is 0.351 e. The summed E-state index contributed by atoms with van der Waals surface area (Å²) in [5.41, 5.74) is -3.31. The standard InChI is InChI=1S/C18H16FN3O5/c1-2-18(19)14(24)12(10-23)27-16(18)22-9-8-13(21-17(22)26)20-15(25)11-6-4-3-5-7-11/h1,3-9,12,14,16,23-24H,10H2,(H,20,21,25,26)/t12-,14-,16-,18+/m1/s1. The fourth-order valence-corrected chi connectivity index (χ4v) is 2.76. The van der Waals surface area contributed by atoms with Crippen LogP contribution in [0, 0.1) is 12.3 Å². The molecule has 1 aliphatic heterocycles. The summed E-state index contributed by atoms with van der Waals surface area (Å²) in [5.74, 6) is 1.26. The summed E-state index contributed by atoms with van der Waals surface area (Å²) in [6.07, 6.45) is 1.53. The van der Waals surface area contributed by atoms with Gasteiger partial charge in [0.25, 0.3) is 5.91 Å². The van der Waals surface area contributed by atoms with Gasteiger partial charge in [0.2, 0.25) is 5.67 Å². The number of nitrogens with one attached hydrogen (secondary N) is 1. The van der Waals surface area contributed by atoms with Crippen LogP contribution in [0.3, 0.4) is 0 Å². The van der Waals surface area contributed by atoms with Crippen molar-refractivity contribution >= 4 is 11.7 Å². The minimum Gasteiger partial charge on any atom is -0.394 e. The third kappa shape index (κ3) is 3.33. The van der Waals surface area contributed by atoms with Gasteiger partial charge in [-0.25, -0.2) is 9.18 Å². The first-order valence-corrected chi connectivity index (χ1v) is 7.97. The molecule has 1 saturated heterocycles. The van der Waals surface area contributed by atoms with Gasteiger partial charge in [-0.1, -0.05) is 24.1 Å².